The zero-order chi connectivity index (χ0) is 18.7. The molecule has 1 amide bonds. The lowest BCUT2D eigenvalue weighted by Gasteiger charge is -2.19. The minimum Gasteiger partial charge on any atom is -0.494 e. The summed E-state index contributed by atoms with van der Waals surface area (Å²) in [5.41, 5.74) is 0.662. The van der Waals surface area contributed by atoms with Crippen LogP contribution >= 0.6 is 22.9 Å². The number of methoxy groups -OCH3 is 1. The third-order valence-corrected chi connectivity index (χ3v) is 5.47. The Kier molecular flexibility index (Phi) is 5.80. The molecule has 0 saturated carbocycles. The van der Waals surface area contributed by atoms with Crippen molar-refractivity contribution in [1.82, 2.24) is 4.98 Å². The third kappa shape index (κ3) is 3.85. The van der Waals surface area contributed by atoms with Crippen LogP contribution in [0.2, 0.25) is 5.02 Å². The predicted octanol–water partition coefficient (Wildman–Crippen LogP) is 2.73. The maximum absolute atomic E-state index is 12.9. The topological polar surface area (TPSA) is 60.0 Å². The number of aromatic nitrogens is 1. The number of carbonyl (C=O) groups is 1. The average Bonchev–Trinajstić information content (AvgIpc) is 3.28. The molecule has 0 aliphatic heterocycles. The molecule has 2 aromatic heterocycles. The molecule has 1 aromatic carbocycles. The normalized spacial score (nSPS) is 11.3. The summed E-state index contributed by atoms with van der Waals surface area (Å²) in [4.78, 5) is 20.5. The number of amides is 1. The fourth-order valence-corrected chi connectivity index (χ4v) is 3.91. The second kappa shape index (κ2) is 8.07. The number of furan rings is 1. The van der Waals surface area contributed by atoms with E-state index in [0.29, 0.717) is 33.7 Å². The number of fused-ring (bicyclic) bond motifs is 1. The van der Waals surface area contributed by atoms with Crippen LogP contribution in [0.3, 0.4) is 0 Å². The molecule has 8 heteroatoms. The number of nitrogens with zero attached hydrogens (tertiary/aromatic N) is 2. The van der Waals surface area contributed by atoms with Gasteiger partial charge in [-0.15, -0.1) is 0 Å². The van der Waals surface area contributed by atoms with E-state index in [-0.39, 0.29) is 5.91 Å². The highest BCUT2D eigenvalue weighted by Crippen LogP contribution is 2.39. The van der Waals surface area contributed by atoms with Crippen molar-refractivity contribution in [3.63, 3.8) is 0 Å². The lowest BCUT2D eigenvalue weighted by atomic mass is 10.3. The zero-order valence-corrected chi connectivity index (χ0v) is 16.5. The van der Waals surface area contributed by atoms with Crippen molar-refractivity contribution in [2.75, 3.05) is 39.2 Å². The number of anilines is 1. The van der Waals surface area contributed by atoms with Crippen molar-refractivity contribution >= 4 is 44.2 Å². The molecule has 0 unspecified atom stereocenters. The first-order chi connectivity index (χ1) is 12.5. The van der Waals surface area contributed by atoms with E-state index in [1.807, 2.05) is 0 Å². The number of hydrogen-bond donors (Lipinski definition) is 1. The van der Waals surface area contributed by atoms with E-state index in [1.54, 1.807) is 36.3 Å². The van der Waals surface area contributed by atoms with Gasteiger partial charge in [0.2, 0.25) is 0 Å². The number of carbonyl (C=O) groups excluding carboxylic acids is 1. The van der Waals surface area contributed by atoms with Gasteiger partial charge in [-0.2, -0.15) is 0 Å². The third-order valence-electron chi connectivity index (χ3n) is 3.93. The average molecular weight is 395 g/mol. The van der Waals surface area contributed by atoms with E-state index < -0.39 is 0 Å². The molecule has 0 saturated heterocycles. The Hall–Kier alpha value is -2.09. The maximum Gasteiger partial charge on any atom is 0.295 e. The summed E-state index contributed by atoms with van der Waals surface area (Å²) in [6.07, 6.45) is 2.34. The molecule has 0 bridgehead atoms. The lowest BCUT2D eigenvalue weighted by Crippen LogP contribution is -3.05. The summed E-state index contributed by atoms with van der Waals surface area (Å²) < 4.78 is 11.5. The minimum atomic E-state index is -0.210. The van der Waals surface area contributed by atoms with Crippen molar-refractivity contribution in [2.24, 2.45) is 0 Å². The van der Waals surface area contributed by atoms with Crippen LogP contribution in [0.15, 0.2) is 34.9 Å². The van der Waals surface area contributed by atoms with Crippen molar-refractivity contribution in [1.29, 1.82) is 0 Å². The van der Waals surface area contributed by atoms with Crippen molar-refractivity contribution < 1.29 is 18.8 Å². The molecule has 3 aromatic rings. The second-order valence-electron chi connectivity index (χ2n) is 6.17. The van der Waals surface area contributed by atoms with Crippen LogP contribution in [0.5, 0.6) is 5.75 Å². The van der Waals surface area contributed by atoms with E-state index in [9.17, 15) is 4.79 Å². The van der Waals surface area contributed by atoms with Gasteiger partial charge in [0.05, 0.1) is 43.7 Å². The van der Waals surface area contributed by atoms with Gasteiger partial charge >= 0.3 is 0 Å². The lowest BCUT2D eigenvalue weighted by molar-refractivity contribution is -0.858. The molecule has 1 N–H and O–H groups in total. The number of thiazole rings is 1. The first-order valence-electron chi connectivity index (χ1n) is 8.28. The van der Waals surface area contributed by atoms with Gasteiger partial charge in [-0.1, -0.05) is 22.9 Å². The molecule has 0 aliphatic rings. The maximum atomic E-state index is 12.9. The van der Waals surface area contributed by atoms with Gasteiger partial charge in [-0.05, 0) is 24.3 Å². The molecular weight excluding hydrogens is 374 g/mol. The molecule has 0 spiro atoms. The van der Waals surface area contributed by atoms with E-state index in [1.165, 1.54) is 22.5 Å². The van der Waals surface area contributed by atoms with Crippen molar-refractivity contribution in [2.45, 2.75) is 6.42 Å². The van der Waals surface area contributed by atoms with Gasteiger partial charge < -0.3 is 14.1 Å². The quantitative estimate of drug-likeness (QED) is 0.669. The fraction of sp³-hybridized carbons (Fsp3) is 0.333. The zero-order valence-electron chi connectivity index (χ0n) is 14.9. The Bertz CT molecular complexity index is 893. The SMILES string of the molecule is COc1ccc(Cl)c2sc(N(CCC[NH+](C)C)C(=O)c3ccco3)nc12. The molecule has 3 rings (SSSR count). The van der Waals surface area contributed by atoms with Crippen LogP contribution < -0.4 is 14.5 Å². The fourth-order valence-electron chi connectivity index (χ4n) is 2.63. The van der Waals surface area contributed by atoms with Gasteiger partial charge in [-0.25, -0.2) is 4.98 Å². The van der Waals surface area contributed by atoms with Crippen molar-refractivity contribution in [3.05, 3.63) is 41.3 Å². The molecule has 0 fully saturated rings. The van der Waals surface area contributed by atoms with Crippen LogP contribution in [0.1, 0.15) is 17.0 Å². The monoisotopic (exact) mass is 394 g/mol. The number of nitrogens with one attached hydrogen (secondary N) is 1. The molecule has 6 nitrogen and oxygen atoms in total. The number of halogens is 1. The molecule has 0 radical (unpaired) electrons. The molecule has 138 valence electrons. The van der Waals surface area contributed by atoms with E-state index >= 15 is 0 Å². The summed E-state index contributed by atoms with van der Waals surface area (Å²) in [5.74, 6) is 0.715. The van der Waals surface area contributed by atoms with Gasteiger partial charge in [-0.3, -0.25) is 9.69 Å². The van der Waals surface area contributed by atoms with Crippen LogP contribution in [0.4, 0.5) is 5.13 Å². The summed E-state index contributed by atoms with van der Waals surface area (Å²) >= 11 is 7.70. The highest BCUT2D eigenvalue weighted by atomic mass is 35.5. The largest absolute Gasteiger partial charge is 0.494 e. The van der Waals surface area contributed by atoms with Crippen molar-refractivity contribution in [3.8, 4) is 5.75 Å². The smallest absolute Gasteiger partial charge is 0.295 e. The Morgan fingerprint density at radius 1 is 1.38 bits per heavy atom. The summed E-state index contributed by atoms with van der Waals surface area (Å²) in [6.45, 7) is 1.49. The van der Waals surface area contributed by atoms with E-state index in [2.05, 4.69) is 19.1 Å². The minimum absolute atomic E-state index is 0.210. The Labute approximate surface area is 160 Å². The van der Waals surface area contributed by atoms with Crippen LogP contribution in [-0.4, -0.2) is 45.2 Å². The first-order valence-corrected chi connectivity index (χ1v) is 9.48. The number of hydrogen-bond acceptors (Lipinski definition) is 5. The molecule has 0 atom stereocenters. The van der Waals surface area contributed by atoms with Gasteiger partial charge in [0.1, 0.15) is 11.3 Å². The molecule has 26 heavy (non-hydrogen) atoms. The van der Waals surface area contributed by atoms with Gasteiger partial charge in [0.25, 0.3) is 5.91 Å². The number of ether oxygens (including phenoxy) is 1. The first kappa shape index (κ1) is 18.7. The van der Waals surface area contributed by atoms with E-state index in [0.717, 1.165) is 17.7 Å². The predicted molar refractivity (Wildman–Crippen MR) is 104 cm³/mol. The Morgan fingerprint density at radius 2 is 2.19 bits per heavy atom. The van der Waals surface area contributed by atoms with Gasteiger partial charge in [0.15, 0.2) is 10.9 Å². The second-order valence-corrected chi connectivity index (χ2v) is 7.55. The number of quaternary nitrogens is 1. The Morgan fingerprint density at radius 3 is 2.85 bits per heavy atom. The Balaban J connectivity index is 1.99. The number of rotatable bonds is 7. The van der Waals surface area contributed by atoms with Crippen LogP contribution in [0, 0.1) is 0 Å². The highest BCUT2D eigenvalue weighted by molar-refractivity contribution is 7.23. The molecule has 0 aliphatic carbocycles. The number of benzene rings is 1. The standard InChI is InChI=1S/C18H20ClN3O3S/c1-21(2)9-5-10-22(17(23)14-6-4-11-25-14)18-20-15-13(24-3)8-7-12(19)16(15)26-18/h4,6-8,11H,5,9-10H2,1-3H3/p+1. The summed E-state index contributed by atoms with van der Waals surface area (Å²) in [5, 5.41) is 1.18. The highest BCUT2D eigenvalue weighted by Gasteiger charge is 2.24. The van der Waals surface area contributed by atoms with Crippen LogP contribution in [-0.2, 0) is 0 Å². The summed E-state index contributed by atoms with van der Waals surface area (Å²) in [6, 6.07) is 6.92. The summed E-state index contributed by atoms with van der Waals surface area (Å²) in [7, 11) is 5.76. The van der Waals surface area contributed by atoms with E-state index in [4.69, 9.17) is 20.8 Å². The molecule has 2 heterocycles. The molecular formula is C18H21ClN3O3S+. The van der Waals surface area contributed by atoms with Crippen LogP contribution in [0.25, 0.3) is 10.2 Å². The van der Waals surface area contributed by atoms with Gasteiger partial charge in [0, 0.05) is 13.0 Å².